The van der Waals surface area contributed by atoms with Crippen molar-refractivity contribution in [2.75, 3.05) is 26.4 Å². The lowest BCUT2D eigenvalue weighted by Crippen LogP contribution is -2.26. The van der Waals surface area contributed by atoms with Gasteiger partial charge in [0.2, 0.25) is 0 Å². The predicted octanol–water partition coefficient (Wildman–Crippen LogP) is 11.5. The number of halogens is 1. The minimum Gasteiger partial charge on any atom is -0.381 e. The van der Waals surface area contributed by atoms with Crippen molar-refractivity contribution in [3.63, 3.8) is 0 Å². The van der Waals surface area contributed by atoms with Crippen LogP contribution in [0.5, 0.6) is 0 Å². The topological polar surface area (TPSA) is 151 Å². The second kappa shape index (κ2) is 20.5. The van der Waals surface area contributed by atoms with E-state index in [9.17, 15) is 0 Å². The maximum Gasteiger partial charge on any atom is 0.0961 e. The highest BCUT2D eigenvalue weighted by molar-refractivity contribution is 9.10. The summed E-state index contributed by atoms with van der Waals surface area (Å²) in [5.41, 5.74) is 16.6. The van der Waals surface area contributed by atoms with Gasteiger partial charge in [-0.2, -0.15) is 10.2 Å². The van der Waals surface area contributed by atoms with Crippen molar-refractivity contribution in [3.05, 3.63) is 155 Å². The Morgan fingerprint density at radius 2 is 0.974 bits per heavy atom. The van der Waals surface area contributed by atoms with E-state index in [0.29, 0.717) is 11.8 Å². The van der Waals surface area contributed by atoms with Gasteiger partial charge in [-0.15, -0.1) is 10.2 Å². The van der Waals surface area contributed by atoms with Crippen LogP contribution in [0.4, 0.5) is 0 Å². The summed E-state index contributed by atoms with van der Waals surface area (Å²) < 4.78 is 25.0. The van der Waals surface area contributed by atoms with E-state index in [4.69, 9.17) is 19.4 Å². The van der Waals surface area contributed by atoms with Crippen LogP contribution < -0.4 is 0 Å². The fourth-order valence-electron chi connectivity index (χ4n) is 11.8. The smallest absolute Gasteiger partial charge is 0.0961 e. The lowest BCUT2D eigenvalue weighted by Gasteiger charge is -2.33. The molecule has 2 saturated heterocycles. The third-order valence-electron chi connectivity index (χ3n) is 15.8. The SMILES string of the molecule is Cc1nnn(C)c1-c1cnc2c3cc4cnn(C)c4cc3n([C@H](c3ccccc3)C3CCOCC3)c2c1.Cc1nnn(C)c1C.Cn1ncc2cc3c4ncc(Br)cc4n([C@H](c4ccccc4)C4CCOCC4)c3cc21. The zero-order valence-corrected chi connectivity index (χ0v) is 45.6. The van der Waals surface area contributed by atoms with E-state index in [1.807, 2.05) is 87.8 Å². The predicted molar refractivity (Wildman–Crippen MR) is 302 cm³/mol. The quantitative estimate of drug-likeness (QED) is 0.151. The molecule has 76 heavy (non-hydrogen) atoms. The first-order valence-corrected chi connectivity index (χ1v) is 26.9. The number of rotatable bonds is 7. The third-order valence-corrected chi connectivity index (χ3v) is 16.3. The van der Waals surface area contributed by atoms with Gasteiger partial charge in [0.25, 0.3) is 0 Å². The van der Waals surface area contributed by atoms with E-state index < -0.39 is 0 Å². The zero-order valence-electron chi connectivity index (χ0n) is 44.0. The molecular formula is C59H61BrN14O2. The average Bonchev–Trinajstić information content (AvgIpc) is 4.48. The lowest BCUT2D eigenvalue weighted by atomic mass is 9.86. The van der Waals surface area contributed by atoms with E-state index in [1.165, 1.54) is 27.5 Å². The number of aromatic nitrogens is 14. The van der Waals surface area contributed by atoms with Crippen molar-refractivity contribution >= 4 is 81.6 Å². The number of aryl methyl sites for hydroxylation is 6. The minimum absolute atomic E-state index is 0.151. The summed E-state index contributed by atoms with van der Waals surface area (Å²) in [6, 6.07) is 35.7. The highest BCUT2D eigenvalue weighted by Gasteiger charge is 2.32. The maximum absolute atomic E-state index is 5.79. The third kappa shape index (κ3) is 8.92. The van der Waals surface area contributed by atoms with Gasteiger partial charge in [0.1, 0.15) is 0 Å². The number of fused-ring (bicyclic) bond motifs is 8. The summed E-state index contributed by atoms with van der Waals surface area (Å²) in [4.78, 5) is 9.91. The molecule has 8 aromatic heterocycles. The molecule has 0 saturated carbocycles. The van der Waals surface area contributed by atoms with Crippen molar-refractivity contribution in [3.8, 4) is 11.3 Å². The Labute approximate surface area is 448 Å². The zero-order chi connectivity index (χ0) is 52.2. The molecule has 2 aliphatic rings. The number of hydrogen-bond acceptors (Lipinski definition) is 10. The second-order valence-electron chi connectivity index (χ2n) is 20.4. The molecule has 4 aromatic carbocycles. The van der Waals surface area contributed by atoms with Crippen LogP contribution >= 0.6 is 15.9 Å². The Bertz CT molecular complexity index is 4000. The van der Waals surface area contributed by atoms with Crippen LogP contribution in [0.2, 0.25) is 0 Å². The monoisotopic (exact) mass is 1080 g/mol. The van der Waals surface area contributed by atoms with Gasteiger partial charge in [-0.25, -0.2) is 4.68 Å². The Morgan fingerprint density at radius 3 is 1.42 bits per heavy atom. The van der Waals surface area contributed by atoms with E-state index in [1.54, 1.807) is 4.68 Å². The first-order valence-electron chi connectivity index (χ1n) is 26.1. The molecule has 0 bridgehead atoms. The first-order chi connectivity index (χ1) is 37.0. The largest absolute Gasteiger partial charge is 0.381 e. The Balaban J connectivity index is 0.000000135. The van der Waals surface area contributed by atoms with Gasteiger partial charge < -0.3 is 18.6 Å². The van der Waals surface area contributed by atoms with Crippen molar-refractivity contribution in [1.29, 1.82) is 0 Å². The van der Waals surface area contributed by atoms with Crippen LogP contribution in [-0.4, -0.2) is 95.1 Å². The molecule has 2 fully saturated rings. The lowest BCUT2D eigenvalue weighted by molar-refractivity contribution is 0.0552. The molecule has 2 atom stereocenters. The molecule has 386 valence electrons. The van der Waals surface area contributed by atoms with Gasteiger partial charge in [-0.3, -0.25) is 24.0 Å². The van der Waals surface area contributed by atoms with E-state index in [2.05, 4.69) is 153 Å². The van der Waals surface area contributed by atoms with Crippen LogP contribution in [0, 0.1) is 32.6 Å². The molecule has 14 rings (SSSR count). The molecule has 16 nitrogen and oxygen atoms in total. The van der Waals surface area contributed by atoms with E-state index >= 15 is 0 Å². The molecule has 17 heteroatoms. The van der Waals surface area contributed by atoms with Gasteiger partial charge in [0.05, 0.1) is 91.4 Å². The van der Waals surface area contributed by atoms with E-state index in [-0.39, 0.29) is 12.1 Å². The summed E-state index contributed by atoms with van der Waals surface area (Å²) in [6.07, 6.45) is 11.9. The summed E-state index contributed by atoms with van der Waals surface area (Å²) in [6.45, 7) is 9.16. The summed E-state index contributed by atoms with van der Waals surface area (Å²) in [7, 11) is 7.82. The molecule has 0 unspecified atom stereocenters. The maximum atomic E-state index is 5.79. The standard InChI is InChI=1S/C29H29N7O.C25H23BrN4O.C5H9N3/c1-18-28(35(3)33-32-18)22-14-26-27(30-16-22)23-13-21-17-31-34(2)24(21)15-25(23)36(26)29(19-7-5-4-6-8-19)20-9-11-37-12-10-20;1-29-21-13-22-20(11-18(21)14-28-29)24-23(12-19(26)15-27-24)30(22)25(16-5-3-2-4-6-16)17-7-9-31-10-8-17;1-4-5(2)8(3)7-6-4/h4-8,13-17,20,29H,9-12H2,1-3H3;2-6,11-15,17,25H,7-10H2,1H3;1-3H3/t29-;25-;/m11./s1. The Kier molecular flexibility index (Phi) is 13.3. The first kappa shape index (κ1) is 49.3. The van der Waals surface area contributed by atoms with Crippen LogP contribution in [0.1, 0.15) is 66.0 Å². The number of nitrogens with zero attached hydrogens (tertiary/aromatic N) is 14. The molecule has 0 radical (unpaired) electrons. The number of pyridine rings is 2. The highest BCUT2D eigenvalue weighted by atomic mass is 79.9. The van der Waals surface area contributed by atoms with E-state index in [0.717, 1.165) is 134 Å². The molecular weight excluding hydrogens is 1020 g/mol. The molecule has 2 aliphatic heterocycles. The molecule has 0 N–H and O–H groups in total. The van der Waals surface area contributed by atoms with Gasteiger partial charge in [0.15, 0.2) is 0 Å². The van der Waals surface area contributed by atoms with Crippen LogP contribution in [0.3, 0.4) is 0 Å². The van der Waals surface area contributed by atoms with Gasteiger partial charge in [0, 0.05) is 98.6 Å². The second-order valence-corrected chi connectivity index (χ2v) is 21.3. The number of ether oxygens (including phenoxy) is 2. The van der Waals surface area contributed by atoms with Crippen LogP contribution in [0.25, 0.3) is 76.9 Å². The molecule has 12 aromatic rings. The normalized spacial score (nSPS) is 15.4. The summed E-state index contributed by atoms with van der Waals surface area (Å²) in [5, 5.41) is 29.7. The minimum atomic E-state index is 0.151. The van der Waals surface area contributed by atoms with Crippen molar-refractivity contribution in [1.82, 2.24) is 68.7 Å². The molecule has 0 aliphatic carbocycles. The van der Waals surface area contributed by atoms with Gasteiger partial charge in [-0.1, -0.05) is 71.1 Å². The Hall–Kier alpha value is -7.60. The Morgan fingerprint density at radius 1 is 0.500 bits per heavy atom. The fraction of sp³-hybridized carbons (Fsp3) is 0.322. The molecule has 10 heterocycles. The van der Waals surface area contributed by atoms with Gasteiger partial charge >= 0.3 is 0 Å². The number of benzene rings is 4. The average molecular weight is 1080 g/mol. The summed E-state index contributed by atoms with van der Waals surface area (Å²) >= 11 is 3.66. The van der Waals surface area contributed by atoms with Crippen molar-refractivity contribution < 1.29 is 9.47 Å². The molecule has 0 spiro atoms. The fourth-order valence-corrected chi connectivity index (χ4v) is 12.1. The van der Waals surface area contributed by atoms with Crippen LogP contribution in [0.15, 0.2) is 126 Å². The van der Waals surface area contributed by atoms with Crippen molar-refractivity contribution in [2.45, 2.75) is 58.5 Å². The summed E-state index contributed by atoms with van der Waals surface area (Å²) in [5.74, 6) is 0.942. The molecule has 0 amide bonds. The van der Waals surface area contributed by atoms with Crippen molar-refractivity contribution in [2.24, 2.45) is 40.0 Å². The number of hydrogen-bond donors (Lipinski definition) is 0. The van der Waals surface area contributed by atoms with Crippen LogP contribution in [-0.2, 0) is 37.7 Å². The van der Waals surface area contributed by atoms with Gasteiger partial charge in [-0.05, 0) is 122 Å². The highest BCUT2D eigenvalue weighted by Crippen LogP contribution is 2.44.